The van der Waals surface area contributed by atoms with Crippen LogP contribution in [0.1, 0.15) is 56.1 Å². The monoisotopic (exact) mass is 404 g/mol. The normalized spacial score (nSPS) is 20.6. The van der Waals surface area contributed by atoms with Gasteiger partial charge in [-0.25, -0.2) is 0 Å². The first-order valence-electron chi connectivity index (χ1n) is 10.8. The van der Waals surface area contributed by atoms with Crippen molar-refractivity contribution in [3.05, 3.63) is 65.7 Å². The Morgan fingerprint density at radius 2 is 1.80 bits per heavy atom. The van der Waals surface area contributed by atoms with Crippen molar-refractivity contribution in [2.75, 3.05) is 5.32 Å². The number of nitrogens with one attached hydrogen (secondary N) is 2. The van der Waals surface area contributed by atoms with E-state index in [4.69, 9.17) is 4.99 Å². The minimum atomic E-state index is -0.781. The smallest absolute Gasteiger partial charge is 0.221 e. The first kappa shape index (κ1) is 20.1. The Balaban J connectivity index is 1.57. The fraction of sp³-hybridized carbons (Fsp3) is 0.375. The molecule has 1 amide bonds. The van der Waals surface area contributed by atoms with Crippen LogP contribution in [0.2, 0.25) is 0 Å². The summed E-state index contributed by atoms with van der Waals surface area (Å²) in [5.74, 6) is 0.769. The Labute approximate surface area is 177 Å². The molecule has 1 atom stereocenters. The number of carbonyl (C=O) groups excluding carboxylic acids is 1. The molecular weight excluding hydrogens is 376 g/mol. The Bertz CT molecular complexity index is 933. The van der Waals surface area contributed by atoms with Crippen molar-refractivity contribution in [3.63, 3.8) is 0 Å². The molecule has 1 heterocycles. The molecule has 156 valence electrons. The van der Waals surface area contributed by atoms with Crippen LogP contribution in [0.25, 0.3) is 0 Å². The number of fused-ring (bicyclic) bond motifs is 1. The summed E-state index contributed by atoms with van der Waals surface area (Å²) in [6, 6.07) is 17.6. The van der Waals surface area contributed by atoms with E-state index in [2.05, 4.69) is 15.8 Å². The number of benzodiazepines with no additional fused rings is 1. The van der Waals surface area contributed by atoms with Gasteiger partial charge in [-0.2, -0.15) is 0 Å². The minimum Gasteiger partial charge on any atom is -0.409 e. The van der Waals surface area contributed by atoms with E-state index in [1.165, 1.54) is 32.1 Å². The molecule has 4 rings (SSSR count). The molecule has 1 aliphatic heterocycles. The lowest BCUT2D eigenvalue weighted by atomic mass is 9.86. The number of oxime groups is 1. The number of amidine groups is 1. The van der Waals surface area contributed by atoms with Crippen molar-refractivity contribution in [1.29, 1.82) is 0 Å². The second-order valence-electron chi connectivity index (χ2n) is 8.01. The van der Waals surface area contributed by atoms with Gasteiger partial charge in [0.1, 0.15) is 0 Å². The highest BCUT2D eigenvalue weighted by Crippen LogP contribution is 2.27. The van der Waals surface area contributed by atoms with Crippen LogP contribution in [0, 0.1) is 5.92 Å². The zero-order valence-electron chi connectivity index (χ0n) is 17.1. The predicted octanol–water partition coefficient (Wildman–Crippen LogP) is 4.54. The molecule has 1 aliphatic carbocycles. The highest BCUT2D eigenvalue weighted by atomic mass is 16.4. The molecule has 1 unspecified atom stereocenters. The SMILES string of the molecule is O=C(CCC1CCCCC1)NC1N=C(c2ccccc2)c2ccccc2N/C1=N/O. The van der Waals surface area contributed by atoms with Gasteiger partial charge in [0, 0.05) is 23.2 Å². The zero-order valence-corrected chi connectivity index (χ0v) is 17.1. The number of nitrogens with zero attached hydrogens (tertiary/aromatic N) is 2. The number of para-hydroxylation sites is 1. The number of carbonyl (C=O) groups is 1. The van der Waals surface area contributed by atoms with Gasteiger partial charge < -0.3 is 15.8 Å². The van der Waals surface area contributed by atoms with Crippen molar-refractivity contribution in [2.24, 2.45) is 16.1 Å². The van der Waals surface area contributed by atoms with Gasteiger partial charge in [-0.1, -0.05) is 85.8 Å². The summed E-state index contributed by atoms with van der Waals surface area (Å²) in [4.78, 5) is 17.5. The maximum Gasteiger partial charge on any atom is 0.221 e. The average molecular weight is 405 g/mol. The standard InChI is InChI=1S/C24H28N4O2/c29-21(16-15-17-9-3-1-4-10-17)26-23-24(28-30)25-20-14-8-7-13-19(20)22(27-23)18-11-5-2-6-12-18/h2,5-8,11-14,17,23,30H,1,3-4,9-10,15-16H2,(H,25,28)(H,26,29). The molecule has 0 aromatic heterocycles. The first-order valence-corrected chi connectivity index (χ1v) is 10.8. The molecule has 6 nitrogen and oxygen atoms in total. The Kier molecular flexibility index (Phi) is 6.42. The molecular formula is C24H28N4O2. The maximum absolute atomic E-state index is 12.7. The van der Waals surface area contributed by atoms with Gasteiger partial charge in [0.15, 0.2) is 12.0 Å². The summed E-state index contributed by atoms with van der Waals surface area (Å²) in [7, 11) is 0. The highest BCUT2D eigenvalue weighted by Gasteiger charge is 2.26. The van der Waals surface area contributed by atoms with Gasteiger partial charge >= 0.3 is 0 Å². The fourth-order valence-electron chi connectivity index (χ4n) is 4.31. The van der Waals surface area contributed by atoms with Crippen molar-refractivity contribution >= 4 is 23.1 Å². The van der Waals surface area contributed by atoms with Crippen LogP contribution in [0.15, 0.2) is 64.7 Å². The van der Waals surface area contributed by atoms with E-state index in [1.807, 2.05) is 54.6 Å². The fourth-order valence-corrected chi connectivity index (χ4v) is 4.31. The summed E-state index contributed by atoms with van der Waals surface area (Å²) in [6.45, 7) is 0. The minimum absolute atomic E-state index is 0.0735. The number of benzene rings is 2. The molecule has 3 N–H and O–H groups in total. The maximum atomic E-state index is 12.7. The molecule has 2 aromatic carbocycles. The van der Waals surface area contributed by atoms with Gasteiger partial charge in [0.25, 0.3) is 0 Å². The van der Waals surface area contributed by atoms with Crippen LogP contribution >= 0.6 is 0 Å². The number of rotatable bonds is 5. The van der Waals surface area contributed by atoms with E-state index in [-0.39, 0.29) is 11.7 Å². The lowest BCUT2D eigenvalue weighted by molar-refractivity contribution is -0.121. The van der Waals surface area contributed by atoms with Gasteiger partial charge in [0.2, 0.25) is 5.91 Å². The van der Waals surface area contributed by atoms with Crippen molar-refractivity contribution in [3.8, 4) is 0 Å². The second kappa shape index (κ2) is 9.57. The average Bonchev–Trinajstić information content (AvgIpc) is 2.96. The van der Waals surface area contributed by atoms with Crippen molar-refractivity contribution < 1.29 is 10.0 Å². The number of anilines is 1. The van der Waals surface area contributed by atoms with Crippen LogP contribution in [0.3, 0.4) is 0 Å². The molecule has 30 heavy (non-hydrogen) atoms. The molecule has 2 aliphatic rings. The summed E-state index contributed by atoms with van der Waals surface area (Å²) in [6.07, 6.45) is 6.85. The second-order valence-corrected chi connectivity index (χ2v) is 8.01. The van der Waals surface area contributed by atoms with Crippen molar-refractivity contribution in [1.82, 2.24) is 5.32 Å². The predicted molar refractivity (Wildman–Crippen MR) is 119 cm³/mol. The number of hydrogen-bond acceptors (Lipinski definition) is 4. The van der Waals surface area contributed by atoms with Crippen LogP contribution in [0.5, 0.6) is 0 Å². The van der Waals surface area contributed by atoms with Crippen LogP contribution in [0.4, 0.5) is 5.69 Å². The first-order chi connectivity index (χ1) is 14.7. The third-order valence-corrected chi connectivity index (χ3v) is 5.92. The summed E-state index contributed by atoms with van der Waals surface area (Å²) in [5.41, 5.74) is 3.36. The molecule has 1 saturated carbocycles. The lowest BCUT2D eigenvalue weighted by Crippen LogP contribution is -2.42. The third kappa shape index (κ3) is 4.70. The van der Waals surface area contributed by atoms with E-state index < -0.39 is 6.17 Å². The Morgan fingerprint density at radius 3 is 2.57 bits per heavy atom. The topological polar surface area (TPSA) is 86.1 Å². The van der Waals surface area contributed by atoms with Gasteiger partial charge in [-0.05, 0) is 18.4 Å². The van der Waals surface area contributed by atoms with Gasteiger partial charge in [-0.15, -0.1) is 0 Å². The largest absolute Gasteiger partial charge is 0.409 e. The quantitative estimate of drug-likeness (QED) is 0.505. The molecule has 0 saturated heterocycles. The van der Waals surface area contributed by atoms with E-state index in [0.717, 1.165) is 28.9 Å². The van der Waals surface area contributed by atoms with E-state index in [9.17, 15) is 10.0 Å². The van der Waals surface area contributed by atoms with Gasteiger partial charge in [-0.3, -0.25) is 9.79 Å². The van der Waals surface area contributed by atoms with Crippen LogP contribution in [-0.2, 0) is 4.79 Å². The molecule has 0 bridgehead atoms. The highest BCUT2D eigenvalue weighted by molar-refractivity contribution is 6.20. The molecule has 2 aromatic rings. The zero-order chi connectivity index (χ0) is 20.8. The lowest BCUT2D eigenvalue weighted by Gasteiger charge is -2.21. The molecule has 1 fully saturated rings. The Morgan fingerprint density at radius 1 is 1.07 bits per heavy atom. The molecule has 6 heteroatoms. The molecule has 0 radical (unpaired) electrons. The van der Waals surface area contributed by atoms with Crippen LogP contribution < -0.4 is 10.6 Å². The van der Waals surface area contributed by atoms with E-state index >= 15 is 0 Å². The van der Waals surface area contributed by atoms with E-state index in [1.54, 1.807) is 0 Å². The summed E-state index contributed by atoms with van der Waals surface area (Å²) < 4.78 is 0. The van der Waals surface area contributed by atoms with E-state index in [0.29, 0.717) is 12.3 Å². The number of hydrogen-bond donors (Lipinski definition) is 3. The summed E-state index contributed by atoms with van der Waals surface area (Å²) in [5, 5.41) is 19.1. The Hall–Kier alpha value is -3.15. The van der Waals surface area contributed by atoms with Gasteiger partial charge in [0.05, 0.1) is 5.71 Å². The summed E-state index contributed by atoms with van der Waals surface area (Å²) >= 11 is 0. The molecule has 0 spiro atoms. The third-order valence-electron chi connectivity index (χ3n) is 5.92. The number of amides is 1. The van der Waals surface area contributed by atoms with Crippen molar-refractivity contribution in [2.45, 2.75) is 51.1 Å². The number of aliphatic imine (C=N–C) groups is 1. The van der Waals surface area contributed by atoms with Crippen LogP contribution in [-0.4, -0.2) is 28.8 Å².